The molecule has 0 bridgehead atoms. The topological polar surface area (TPSA) is 55.6 Å². The molecule has 2 aromatic rings. The number of rotatable bonds is 3. The van der Waals surface area contributed by atoms with E-state index in [1.165, 1.54) is 0 Å². The molecular weight excluding hydrogens is 214 g/mol. The van der Waals surface area contributed by atoms with Gasteiger partial charge in [-0.3, -0.25) is 9.67 Å². The molecule has 1 N–H and O–H groups in total. The molecule has 0 saturated carbocycles. The van der Waals surface area contributed by atoms with Gasteiger partial charge in [0.05, 0.1) is 17.9 Å². The monoisotopic (exact) mass is 231 g/mol. The van der Waals surface area contributed by atoms with Gasteiger partial charge < -0.3 is 5.32 Å². The molecule has 2 aromatic heterocycles. The molecule has 0 amide bonds. The Hall–Kier alpha value is -1.75. The number of aryl methyl sites for hydroxylation is 3. The molecule has 0 aliphatic rings. The van der Waals surface area contributed by atoms with Crippen molar-refractivity contribution in [2.24, 2.45) is 7.05 Å². The Balaban J connectivity index is 2.46. The maximum atomic E-state index is 4.49. The van der Waals surface area contributed by atoms with Gasteiger partial charge in [0, 0.05) is 18.4 Å². The number of nitrogens with one attached hydrogen (secondary N) is 1. The Morgan fingerprint density at radius 2 is 2.06 bits per heavy atom. The molecule has 0 aliphatic carbocycles. The summed E-state index contributed by atoms with van der Waals surface area (Å²) in [6.07, 6.45) is 1.78. The lowest BCUT2D eigenvalue weighted by Gasteiger charge is -2.18. The lowest BCUT2D eigenvalue weighted by Crippen LogP contribution is -2.22. The molecule has 0 saturated heterocycles. The molecule has 2 heterocycles. The van der Waals surface area contributed by atoms with Crippen molar-refractivity contribution in [3.63, 3.8) is 0 Å². The molecule has 17 heavy (non-hydrogen) atoms. The second kappa shape index (κ2) is 4.63. The third-order valence-electron chi connectivity index (χ3n) is 2.91. The lowest BCUT2D eigenvalue weighted by molar-refractivity contribution is 0.594. The number of aromatic nitrogens is 4. The Morgan fingerprint density at radius 1 is 1.29 bits per heavy atom. The minimum Gasteiger partial charge on any atom is -0.308 e. The van der Waals surface area contributed by atoms with Crippen LogP contribution in [0.4, 0.5) is 0 Å². The first-order chi connectivity index (χ1) is 8.13. The second-order valence-electron chi connectivity index (χ2n) is 4.13. The fourth-order valence-electron chi connectivity index (χ4n) is 2.02. The molecule has 0 fully saturated rings. The Kier molecular flexibility index (Phi) is 3.19. The van der Waals surface area contributed by atoms with Gasteiger partial charge in [-0.2, -0.15) is 0 Å². The molecule has 5 heteroatoms. The second-order valence-corrected chi connectivity index (χ2v) is 4.13. The molecule has 0 spiro atoms. The fourth-order valence-corrected chi connectivity index (χ4v) is 2.02. The number of hydrogen-bond acceptors (Lipinski definition) is 4. The minimum absolute atomic E-state index is 0.0723. The van der Waals surface area contributed by atoms with Gasteiger partial charge in [-0.25, -0.2) is 0 Å². The van der Waals surface area contributed by atoms with E-state index in [1.54, 1.807) is 10.9 Å². The van der Waals surface area contributed by atoms with Gasteiger partial charge in [-0.05, 0) is 32.5 Å². The van der Waals surface area contributed by atoms with Crippen LogP contribution in [0.25, 0.3) is 0 Å². The predicted octanol–water partition coefficient (Wildman–Crippen LogP) is 1.14. The van der Waals surface area contributed by atoms with E-state index in [0.717, 1.165) is 22.6 Å². The zero-order valence-electron chi connectivity index (χ0n) is 10.6. The van der Waals surface area contributed by atoms with E-state index in [1.807, 2.05) is 34.0 Å². The quantitative estimate of drug-likeness (QED) is 0.860. The van der Waals surface area contributed by atoms with Crippen molar-refractivity contribution in [2.45, 2.75) is 19.9 Å². The molecule has 0 aliphatic heterocycles. The van der Waals surface area contributed by atoms with E-state index in [0.29, 0.717) is 0 Å². The third kappa shape index (κ3) is 2.19. The molecule has 0 aromatic carbocycles. The van der Waals surface area contributed by atoms with Crippen LogP contribution in [-0.4, -0.2) is 27.0 Å². The zero-order valence-corrected chi connectivity index (χ0v) is 10.6. The highest BCUT2D eigenvalue weighted by Gasteiger charge is 2.18. The van der Waals surface area contributed by atoms with Gasteiger partial charge in [-0.15, -0.1) is 5.10 Å². The molecular formula is C12H17N5. The van der Waals surface area contributed by atoms with Crippen LogP contribution in [0, 0.1) is 13.8 Å². The average Bonchev–Trinajstić information content (AvgIpc) is 2.69. The van der Waals surface area contributed by atoms with Crippen LogP contribution in [-0.2, 0) is 7.05 Å². The normalized spacial score (nSPS) is 12.7. The molecule has 5 nitrogen and oxygen atoms in total. The largest absolute Gasteiger partial charge is 0.308 e. The van der Waals surface area contributed by atoms with Crippen molar-refractivity contribution >= 4 is 0 Å². The van der Waals surface area contributed by atoms with Crippen molar-refractivity contribution in [2.75, 3.05) is 7.05 Å². The van der Waals surface area contributed by atoms with Crippen molar-refractivity contribution in [3.8, 4) is 0 Å². The standard InChI is InChI=1S/C12H17N5/c1-8-5-6-10(9(2)15-8)12(13-3)11-7-14-16-17(11)4/h5-7,12-13H,1-4H3. The Morgan fingerprint density at radius 3 is 2.59 bits per heavy atom. The summed E-state index contributed by atoms with van der Waals surface area (Å²) < 4.78 is 1.78. The highest BCUT2D eigenvalue weighted by Crippen LogP contribution is 2.22. The van der Waals surface area contributed by atoms with E-state index >= 15 is 0 Å². The van der Waals surface area contributed by atoms with Crippen molar-refractivity contribution in [1.29, 1.82) is 0 Å². The van der Waals surface area contributed by atoms with E-state index in [-0.39, 0.29) is 6.04 Å². The summed E-state index contributed by atoms with van der Waals surface area (Å²) in [5.74, 6) is 0. The lowest BCUT2D eigenvalue weighted by atomic mass is 10.0. The van der Waals surface area contributed by atoms with Crippen molar-refractivity contribution in [3.05, 3.63) is 41.0 Å². The summed E-state index contributed by atoms with van der Waals surface area (Å²) in [7, 11) is 3.82. The highest BCUT2D eigenvalue weighted by atomic mass is 15.4. The van der Waals surface area contributed by atoms with Gasteiger partial charge in [0.25, 0.3) is 0 Å². The van der Waals surface area contributed by atoms with E-state index in [2.05, 4.69) is 26.7 Å². The van der Waals surface area contributed by atoms with E-state index in [4.69, 9.17) is 0 Å². The Labute approximate surface area is 101 Å². The van der Waals surface area contributed by atoms with Crippen LogP contribution >= 0.6 is 0 Å². The summed E-state index contributed by atoms with van der Waals surface area (Å²) in [5.41, 5.74) is 4.25. The molecule has 90 valence electrons. The van der Waals surface area contributed by atoms with Gasteiger partial charge in [0.2, 0.25) is 0 Å². The first kappa shape index (κ1) is 11.7. The van der Waals surface area contributed by atoms with Crippen LogP contribution in [0.15, 0.2) is 18.3 Å². The zero-order chi connectivity index (χ0) is 12.4. The molecule has 1 atom stereocenters. The summed E-state index contributed by atoms with van der Waals surface area (Å²) in [6, 6.07) is 4.20. The van der Waals surface area contributed by atoms with E-state index in [9.17, 15) is 0 Å². The van der Waals surface area contributed by atoms with Gasteiger partial charge in [-0.1, -0.05) is 11.3 Å². The number of nitrogens with zero attached hydrogens (tertiary/aromatic N) is 4. The highest BCUT2D eigenvalue weighted by molar-refractivity contribution is 5.30. The van der Waals surface area contributed by atoms with E-state index < -0.39 is 0 Å². The van der Waals surface area contributed by atoms with Crippen molar-refractivity contribution in [1.82, 2.24) is 25.3 Å². The first-order valence-corrected chi connectivity index (χ1v) is 5.59. The number of hydrogen-bond donors (Lipinski definition) is 1. The summed E-state index contributed by atoms with van der Waals surface area (Å²) in [5, 5.41) is 11.2. The van der Waals surface area contributed by atoms with Crippen LogP contribution in [0.3, 0.4) is 0 Å². The summed E-state index contributed by atoms with van der Waals surface area (Å²) in [6.45, 7) is 4.02. The smallest absolute Gasteiger partial charge is 0.0799 e. The van der Waals surface area contributed by atoms with Crippen LogP contribution in [0.2, 0.25) is 0 Å². The number of pyridine rings is 1. The average molecular weight is 231 g/mol. The fraction of sp³-hybridized carbons (Fsp3) is 0.417. The van der Waals surface area contributed by atoms with Gasteiger partial charge in [0.1, 0.15) is 0 Å². The molecule has 2 rings (SSSR count). The Bertz CT molecular complexity index is 517. The third-order valence-corrected chi connectivity index (χ3v) is 2.91. The minimum atomic E-state index is 0.0723. The van der Waals surface area contributed by atoms with Gasteiger partial charge >= 0.3 is 0 Å². The van der Waals surface area contributed by atoms with Crippen LogP contribution in [0.1, 0.15) is 28.7 Å². The van der Waals surface area contributed by atoms with Crippen molar-refractivity contribution < 1.29 is 0 Å². The molecule has 0 radical (unpaired) electrons. The predicted molar refractivity (Wildman–Crippen MR) is 65.6 cm³/mol. The summed E-state index contributed by atoms with van der Waals surface area (Å²) >= 11 is 0. The van der Waals surface area contributed by atoms with Gasteiger partial charge in [0.15, 0.2) is 0 Å². The van der Waals surface area contributed by atoms with Crippen LogP contribution < -0.4 is 5.32 Å². The maximum Gasteiger partial charge on any atom is 0.0799 e. The SMILES string of the molecule is CNC(c1ccc(C)nc1C)c1cnnn1C. The van der Waals surface area contributed by atoms with Crippen LogP contribution in [0.5, 0.6) is 0 Å². The summed E-state index contributed by atoms with van der Waals surface area (Å²) in [4.78, 5) is 4.49. The molecule has 1 unspecified atom stereocenters. The maximum absolute atomic E-state index is 4.49. The first-order valence-electron chi connectivity index (χ1n) is 5.59.